The first kappa shape index (κ1) is 14.4. The molecule has 2 N–H and O–H groups in total. The summed E-state index contributed by atoms with van der Waals surface area (Å²) in [6, 6.07) is 8.71. The highest BCUT2D eigenvalue weighted by atomic mass is 19.3. The van der Waals surface area contributed by atoms with Crippen molar-refractivity contribution in [1.82, 2.24) is 5.32 Å². The van der Waals surface area contributed by atoms with Crippen LogP contribution in [0.4, 0.5) is 8.78 Å². The van der Waals surface area contributed by atoms with Crippen molar-refractivity contribution in [3.05, 3.63) is 29.8 Å². The third-order valence-corrected chi connectivity index (χ3v) is 2.20. The predicted octanol–water partition coefficient (Wildman–Crippen LogP) is 1.31. The number of hydrogen-bond acceptors (Lipinski definition) is 4. The maximum Gasteiger partial charge on any atom is 0.282 e. The molecule has 0 aromatic heterocycles. The summed E-state index contributed by atoms with van der Waals surface area (Å²) in [4.78, 5) is 0. The molecule has 4 nitrogen and oxygen atoms in total. The van der Waals surface area contributed by atoms with Gasteiger partial charge in [0.1, 0.15) is 18.4 Å². The van der Waals surface area contributed by atoms with Crippen LogP contribution in [0.25, 0.3) is 0 Å². The fraction of sp³-hybridized carbons (Fsp3) is 0.417. The van der Waals surface area contributed by atoms with Crippen LogP contribution in [0, 0.1) is 11.3 Å². The molecule has 0 saturated heterocycles. The topological polar surface area (TPSA) is 65.3 Å². The molecule has 0 atom stereocenters. The van der Waals surface area contributed by atoms with Gasteiger partial charge in [0, 0.05) is 12.1 Å². The van der Waals surface area contributed by atoms with E-state index in [1.165, 1.54) is 0 Å². The van der Waals surface area contributed by atoms with Gasteiger partial charge >= 0.3 is 0 Å². The number of aliphatic hydroxyl groups is 1. The first-order valence-electron chi connectivity index (χ1n) is 5.36. The molecule has 0 radical (unpaired) electrons. The zero-order valence-electron chi connectivity index (χ0n) is 9.70. The van der Waals surface area contributed by atoms with Gasteiger partial charge in [0.25, 0.3) is 5.92 Å². The summed E-state index contributed by atoms with van der Waals surface area (Å²) >= 11 is 0. The van der Waals surface area contributed by atoms with E-state index >= 15 is 0 Å². The van der Waals surface area contributed by atoms with E-state index in [1.807, 2.05) is 6.07 Å². The molecule has 1 aromatic carbocycles. The van der Waals surface area contributed by atoms with Gasteiger partial charge in [0.05, 0.1) is 6.54 Å². The van der Waals surface area contributed by atoms with E-state index in [4.69, 9.17) is 15.1 Å². The van der Waals surface area contributed by atoms with Gasteiger partial charge in [-0.25, -0.2) is 8.78 Å². The smallest absolute Gasteiger partial charge is 0.282 e. The van der Waals surface area contributed by atoms with E-state index in [1.54, 1.807) is 24.3 Å². The van der Waals surface area contributed by atoms with Crippen molar-refractivity contribution in [2.24, 2.45) is 0 Å². The Balaban J connectivity index is 2.54. The molecule has 0 heterocycles. The summed E-state index contributed by atoms with van der Waals surface area (Å²) in [6.45, 7) is -1.72. The summed E-state index contributed by atoms with van der Waals surface area (Å²) < 4.78 is 30.7. The zero-order valence-corrected chi connectivity index (χ0v) is 9.70. The van der Waals surface area contributed by atoms with Crippen LogP contribution in [-0.4, -0.2) is 30.8 Å². The minimum absolute atomic E-state index is 0.0934. The van der Waals surface area contributed by atoms with E-state index < -0.39 is 19.1 Å². The molecule has 98 valence electrons. The van der Waals surface area contributed by atoms with E-state index in [-0.39, 0.29) is 13.2 Å². The van der Waals surface area contributed by atoms with Crippen LogP contribution < -0.4 is 10.1 Å². The lowest BCUT2D eigenvalue weighted by Gasteiger charge is -2.15. The summed E-state index contributed by atoms with van der Waals surface area (Å²) in [5, 5.41) is 19.4. The minimum Gasteiger partial charge on any atom is -0.478 e. The monoisotopic (exact) mass is 256 g/mol. The van der Waals surface area contributed by atoms with Crippen molar-refractivity contribution in [2.75, 3.05) is 19.8 Å². The quantitative estimate of drug-likeness (QED) is 0.772. The second-order valence-electron chi connectivity index (χ2n) is 3.67. The molecule has 0 amide bonds. The molecule has 0 aliphatic heterocycles. The second-order valence-corrected chi connectivity index (χ2v) is 3.67. The Morgan fingerprint density at radius 1 is 1.39 bits per heavy atom. The fourth-order valence-corrected chi connectivity index (χ4v) is 1.34. The van der Waals surface area contributed by atoms with Gasteiger partial charge in [-0.2, -0.15) is 5.26 Å². The van der Waals surface area contributed by atoms with Crippen LogP contribution in [0.15, 0.2) is 24.3 Å². The van der Waals surface area contributed by atoms with Gasteiger partial charge in [-0.1, -0.05) is 18.2 Å². The second kappa shape index (κ2) is 6.89. The highest BCUT2D eigenvalue weighted by molar-refractivity contribution is 5.33. The lowest BCUT2D eigenvalue weighted by Crippen LogP contribution is -2.35. The summed E-state index contributed by atoms with van der Waals surface area (Å²) in [5.74, 6) is -2.65. The van der Waals surface area contributed by atoms with E-state index in [0.717, 1.165) is 0 Å². The molecule has 1 aromatic rings. The molecule has 0 unspecified atom stereocenters. The average molecular weight is 256 g/mol. The van der Waals surface area contributed by atoms with Gasteiger partial charge in [0.15, 0.2) is 6.61 Å². The number of ether oxygens (including phenoxy) is 1. The number of halogens is 2. The van der Waals surface area contributed by atoms with Crippen LogP contribution >= 0.6 is 0 Å². The molecule has 0 bridgehead atoms. The average Bonchev–Trinajstić information content (AvgIpc) is 2.37. The molecule has 0 saturated carbocycles. The molecular weight excluding hydrogens is 242 g/mol. The van der Waals surface area contributed by atoms with E-state index in [9.17, 15) is 8.78 Å². The molecule has 0 aliphatic rings. The SMILES string of the molecule is N#CCOc1ccccc1CNCC(F)(F)CO. The Morgan fingerprint density at radius 2 is 2.11 bits per heavy atom. The number of nitrogens with one attached hydrogen (secondary N) is 1. The van der Waals surface area contributed by atoms with Crippen molar-refractivity contribution in [1.29, 1.82) is 5.26 Å². The Labute approximate surface area is 104 Å². The van der Waals surface area contributed by atoms with E-state index in [0.29, 0.717) is 11.3 Å². The molecule has 0 spiro atoms. The molecule has 6 heteroatoms. The molecule has 0 fully saturated rings. The fourth-order valence-electron chi connectivity index (χ4n) is 1.34. The number of nitriles is 1. The highest BCUT2D eigenvalue weighted by Crippen LogP contribution is 2.18. The van der Waals surface area contributed by atoms with Crippen molar-refractivity contribution >= 4 is 0 Å². The number of rotatable bonds is 7. The Morgan fingerprint density at radius 3 is 2.78 bits per heavy atom. The lowest BCUT2D eigenvalue weighted by atomic mass is 10.2. The van der Waals surface area contributed by atoms with Gasteiger partial charge < -0.3 is 15.2 Å². The van der Waals surface area contributed by atoms with Crippen LogP contribution in [0.2, 0.25) is 0 Å². The van der Waals surface area contributed by atoms with E-state index in [2.05, 4.69) is 5.32 Å². The molecule has 1 rings (SSSR count). The van der Waals surface area contributed by atoms with Crippen molar-refractivity contribution < 1.29 is 18.6 Å². The highest BCUT2D eigenvalue weighted by Gasteiger charge is 2.26. The Kier molecular flexibility index (Phi) is 5.49. The Bertz CT molecular complexity index is 419. The minimum atomic E-state index is -3.14. The molecule has 0 aliphatic carbocycles. The normalized spacial score (nSPS) is 11.0. The zero-order chi connectivity index (χ0) is 13.4. The van der Waals surface area contributed by atoms with Gasteiger partial charge in [-0.05, 0) is 6.07 Å². The number of benzene rings is 1. The summed E-state index contributed by atoms with van der Waals surface area (Å²) in [7, 11) is 0. The van der Waals surface area contributed by atoms with Crippen LogP contribution in [0.3, 0.4) is 0 Å². The van der Waals surface area contributed by atoms with Crippen molar-refractivity contribution in [3.63, 3.8) is 0 Å². The van der Waals surface area contributed by atoms with Crippen LogP contribution in [0.1, 0.15) is 5.56 Å². The standard InChI is InChI=1S/C12H14F2N2O2/c13-12(14,9-17)8-16-7-10-3-1-2-4-11(10)18-6-5-15/h1-4,16-17H,6-9H2. The third-order valence-electron chi connectivity index (χ3n) is 2.20. The first-order chi connectivity index (χ1) is 8.59. The predicted molar refractivity (Wildman–Crippen MR) is 61.3 cm³/mol. The third kappa shape index (κ3) is 4.65. The number of nitrogens with zero attached hydrogens (tertiary/aromatic N) is 1. The largest absolute Gasteiger partial charge is 0.478 e. The molecular formula is C12H14F2N2O2. The van der Waals surface area contributed by atoms with Crippen LogP contribution in [0.5, 0.6) is 5.75 Å². The number of hydrogen-bond donors (Lipinski definition) is 2. The van der Waals surface area contributed by atoms with Gasteiger partial charge in [-0.3, -0.25) is 0 Å². The van der Waals surface area contributed by atoms with Crippen LogP contribution in [-0.2, 0) is 6.54 Å². The first-order valence-corrected chi connectivity index (χ1v) is 5.36. The number of para-hydroxylation sites is 1. The summed E-state index contributed by atoms with van der Waals surface area (Å²) in [6.07, 6.45) is 0. The number of alkyl halides is 2. The lowest BCUT2D eigenvalue weighted by molar-refractivity contribution is -0.0478. The van der Waals surface area contributed by atoms with Gasteiger partial charge in [-0.15, -0.1) is 0 Å². The summed E-state index contributed by atoms with van der Waals surface area (Å²) in [5.41, 5.74) is 0.682. The molecule has 18 heavy (non-hydrogen) atoms. The van der Waals surface area contributed by atoms with Crippen molar-refractivity contribution in [3.8, 4) is 11.8 Å². The number of aliphatic hydroxyl groups excluding tert-OH is 1. The van der Waals surface area contributed by atoms with Gasteiger partial charge in [0.2, 0.25) is 0 Å². The maximum atomic E-state index is 12.8. The Hall–Kier alpha value is -1.71. The van der Waals surface area contributed by atoms with Crippen molar-refractivity contribution in [2.45, 2.75) is 12.5 Å². The maximum absolute atomic E-state index is 12.8.